The van der Waals surface area contributed by atoms with Gasteiger partial charge in [0.15, 0.2) is 0 Å². The number of benzene rings is 1. The minimum atomic E-state index is -0.171. The summed E-state index contributed by atoms with van der Waals surface area (Å²) in [5.41, 5.74) is 7.01. The molecule has 1 aromatic carbocycles. The molecule has 0 aliphatic carbocycles. The average molecular weight is 222 g/mol. The van der Waals surface area contributed by atoms with Crippen LogP contribution in [0.15, 0.2) is 24.3 Å². The van der Waals surface area contributed by atoms with E-state index in [2.05, 4.69) is 12.2 Å². The van der Waals surface area contributed by atoms with E-state index in [1.54, 1.807) is 0 Å². The first-order valence-corrected chi connectivity index (χ1v) is 5.89. The first-order chi connectivity index (χ1) is 7.70. The van der Waals surface area contributed by atoms with E-state index in [4.69, 9.17) is 5.73 Å². The summed E-state index contributed by atoms with van der Waals surface area (Å²) in [6.07, 6.45) is 1.08. The minimum Gasteiger partial charge on any atom is -0.330 e. The van der Waals surface area contributed by atoms with Crippen LogP contribution in [-0.2, 0) is 0 Å². The summed E-state index contributed by atoms with van der Waals surface area (Å²) in [5.74, 6) is 0.749. The zero-order valence-electron chi connectivity index (χ0n) is 9.62. The first kappa shape index (κ1) is 11.6. The van der Waals surface area contributed by atoms with E-state index in [0.717, 1.165) is 13.0 Å². The molecule has 0 amide bonds. The first-order valence-electron chi connectivity index (χ1n) is 5.89. The molecule has 0 saturated carbocycles. The van der Waals surface area contributed by atoms with Gasteiger partial charge in [-0.05, 0) is 56.0 Å². The molecule has 3 unspecified atom stereocenters. The van der Waals surface area contributed by atoms with Crippen molar-refractivity contribution >= 4 is 0 Å². The summed E-state index contributed by atoms with van der Waals surface area (Å²) in [6.45, 7) is 3.82. The monoisotopic (exact) mass is 222 g/mol. The van der Waals surface area contributed by atoms with Gasteiger partial charge >= 0.3 is 0 Å². The van der Waals surface area contributed by atoms with Gasteiger partial charge in [-0.1, -0.05) is 12.1 Å². The molecule has 3 atom stereocenters. The topological polar surface area (TPSA) is 38.0 Å². The Morgan fingerprint density at radius 3 is 2.69 bits per heavy atom. The summed E-state index contributed by atoms with van der Waals surface area (Å²) in [4.78, 5) is 0. The molecule has 3 heteroatoms. The van der Waals surface area contributed by atoms with Crippen molar-refractivity contribution in [2.45, 2.75) is 25.3 Å². The van der Waals surface area contributed by atoms with E-state index < -0.39 is 0 Å². The van der Waals surface area contributed by atoms with Gasteiger partial charge in [-0.2, -0.15) is 0 Å². The van der Waals surface area contributed by atoms with Crippen molar-refractivity contribution in [3.63, 3.8) is 0 Å². The zero-order chi connectivity index (χ0) is 11.5. The van der Waals surface area contributed by atoms with Gasteiger partial charge in [0, 0.05) is 6.04 Å². The molecule has 3 N–H and O–H groups in total. The lowest BCUT2D eigenvalue weighted by atomic mass is 9.79. The van der Waals surface area contributed by atoms with Gasteiger partial charge in [0.1, 0.15) is 5.82 Å². The third-order valence-electron chi connectivity index (χ3n) is 3.51. The summed E-state index contributed by atoms with van der Waals surface area (Å²) in [6, 6.07) is 7.37. The average Bonchev–Trinajstić information content (AvgIpc) is 2.30. The van der Waals surface area contributed by atoms with E-state index >= 15 is 0 Å². The molecule has 1 aliphatic heterocycles. The minimum absolute atomic E-state index is 0.171. The number of halogens is 1. The highest BCUT2D eigenvalue weighted by Gasteiger charge is 2.28. The summed E-state index contributed by atoms with van der Waals surface area (Å²) < 4.78 is 12.9. The molecule has 2 nitrogen and oxygen atoms in total. The highest BCUT2D eigenvalue weighted by atomic mass is 19.1. The normalized spacial score (nSPS) is 30.3. The summed E-state index contributed by atoms with van der Waals surface area (Å²) in [7, 11) is 0. The lowest BCUT2D eigenvalue weighted by molar-refractivity contribution is 0.285. The lowest BCUT2D eigenvalue weighted by Gasteiger charge is -2.35. The zero-order valence-corrected chi connectivity index (χ0v) is 9.62. The van der Waals surface area contributed by atoms with Crippen LogP contribution in [0.25, 0.3) is 0 Å². The predicted octanol–water partition coefficient (Wildman–Crippen LogP) is 1.87. The Hall–Kier alpha value is -0.930. The summed E-state index contributed by atoms with van der Waals surface area (Å²) >= 11 is 0. The predicted molar refractivity (Wildman–Crippen MR) is 63.8 cm³/mol. The molecule has 1 saturated heterocycles. The van der Waals surface area contributed by atoms with Crippen LogP contribution in [0.3, 0.4) is 0 Å². The van der Waals surface area contributed by atoms with Gasteiger partial charge in [0.05, 0.1) is 0 Å². The Morgan fingerprint density at radius 1 is 1.38 bits per heavy atom. The standard InChI is InChI=1S/C13H19FN2/c1-9-6-13(11(7-15)8-16-9)10-2-4-12(14)5-3-10/h2-5,9,11,13,16H,6-8,15H2,1H3. The van der Waals surface area contributed by atoms with Crippen molar-refractivity contribution in [2.24, 2.45) is 11.7 Å². The lowest BCUT2D eigenvalue weighted by Crippen LogP contribution is -2.44. The van der Waals surface area contributed by atoms with E-state index in [0.29, 0.717) is 24.4 Å². The highest BCUT2D eigenvalue weighted by Crippen LogP contribution is 2.31. The van der Waals surface area contributed by atoms with E-state index in [1.165, 1.54) is 17.7 Å². The molecule has 0 aromatic heterocycles. The van der Waals surface area contributed by atoms with E-state index in [1.807, 2.05) is 12.1 Å². The van der Waals surface area contributed by atoms with Crippen LogP contribution in [0.1, 0.15) is 24.8 Å². The number of hydrogen-bond donors (Lipinski definition) is 2. The molecule has 16 heavy (non-hydrogen) atoms. The Morgan fingerprint density at radius 2 is 2.06 bits per heavy atom. The molecule has 1 aromatic rings. The van der Waals surface area contributed by atoms with Crippen molar-refractivity contribution in [1.82, 2.24) is 5.32 Å². The van der Waals surface area contributed by atoms with Gasteiger partial charge < -0.3 is 11.1 Å². The van der Waals surface area contributed by atoms with Crippen LogP contribution in [0, 0.1) is 11.7 Å². The maximum Gasteiger partial charge on any atom is 0.123 e. The molecule has 0 bridgehead atoms. The Balaban J connectivity index is 2.18. The van der Waals surface area contributed by atoms with Gasteiger partial charge in [0.2, 0.25) is 0 Å². The van der Waals surface area contributed by atoms with Crippen molar-refractivity contribution in [3.8, 4) is 0 Å². The van der Waals surface area contributed by atoms with Crippen LogP contribution >= 0.6 is 0 Å². The summed E-state index contributed by atoms with van der Waals surface area (Å²) in [5, 5.41) is 3.44. The second kappa shape index (κ2) is 4.93. The maximum atomic E-state index is 12.9. The molecule has 0 radical (unpaired) electrons. The third-order valence-corrected chi connectivity index (χ3v) is 3.51. The van der Waals surface area contributed by atoms with Crippen LogP contribution in [-0.4, -0.2) is 19.1 Å². The van der Waals surface area contributed by atoms with Crippen molar-refractivity contribution in [2.75, 3.05) is 13.1 Å². The quantitative estimate of drug-likeness (QED) is 0.801. The molecular formula is C13H19FN2. The highest BCUT2D eigenvalue weighted by molar-refractivity contribution is 5.22. The van der Waals surface area contributed by atoms with Gasteiger partial charge in [-0.25, -0.2) is 4.39 Å². The van der Waals surface area contributed by atoms with E-state index in [9.17, 15) is 4.39 Å². The molecule has 1 fully saturated rings. The molecule has 88 valence electrons. The largest absolute Gasteiger partial charge is 0.330 e. The molecular weight excluding hydrogens is 203 g/mol. The SMILES string of the molecule is CC1CC(c2ccc(F)cc2)C(CN)CN1. The molecule has 1 aliphatic rings. The van der Waals surface area contributed by atoms with Crippen LogP contribution in [0.2, 0.25) is 0 Å². The number of nitrogens with one attached hydrogen (secondary N) is 1. The molecule has 0 spiro atoms. The van der Waals surface area contributed by atoms with Crippen LogP contribution in [0.5, 0.6) is 0 Å². The fourth-order valence-corrected chi connectivity index (χ4v) is 2.52. The fraction of sp³-hybridized carbons (Fsp3) is 0.538. The molecule has 1 heterocycles. The number of rotatable bonds is 2. The van der Waals surface area contributed by atoms with Crippen molar-refractivity contribution < 1.29 is 4.39 Å². The van der Waals surface area contributed by atoms with Gasteiger partial charge in [-0.3, -0.25) is 0 Å². The maximum absolute atomic E-state index is 12.9. The van der Waals surface area contributed by atoms with Crippen molar-refractivity contribution in [3.05, 3.63) is 35.6 Å². The van der Waals surface area contributed by atoms with Crippen LogP contribution < -0.4 is 11.1 Å². The number of nitrogens with two attached hydrogens (primary N) is 1. The van der Waals surface area contributed by atoms with Gasteiger partial charge in [-0.15, -0.1) is 0 Å². The second-order valence-electron chi connectivity index (χ2n) is 4.70. The number of hydrogen-bond acceptors (Lipinski definition) is 2. The van der Waals surface area contributed by atoms with Crippen molar-refractivity contribution in [1.29, 1.82) is 0 Å². The fourth-order valence-electron chi connectivity index (χ4n) is 2.52. The Labute approximate surface area is 96.0 Å². The Bertz CT molecular complexity index is 336. The third kappa shape index (κ3) is 2.42. The van der Waals surface area contributed by atoms with Crippen LogP contribution in [0.4, 0.5) is 4.39 Å². The second-order valence-corrected chi connectivity index (χ2v) is 4.70. The van der Waals surface area contributed by atoms with Gasteiger partial charge in [0.25, 0.3) is 0 Å². The Kier molecular flexibility index (Phi) is 3.56. The smallest absolute Gasteiger partial charge is 0.123 e. The molecule has 2 rings (SSSR count). The van der Waals surface area contributed by atoms with E-state index in [-0.39, 0.29) is 5.82 Å². The number of piperidine rings is 1.